The van der Waals surface area contributed by atoms with Gasteiger partial charge in [0.1, 0.15) is 5.82 Å². The maximum atomic E-state index is 13.8. The average Bonchev–Trinajstić information content (AvgIpc) is 2.78. The SMILES string of the molecule is Nc1ncc(-c2cccc(F)c2)c([C@H]2CCCN(C(=O)CCc3ccccc3)C2)n1. The highest BCUT2D eigenvalue weighted by atomic mass is 19.1. The summed E-state index contributed by atoms with van der Waals surface area (Å²) in [4.78, 5) is 23.4. The summed E-state index contributed by atoms with van der Waals surface area (Å²) in [5, 5.41) is 0. The van der Waals surface area contributed by atoms with E-state index in [4.69, 9.17) is 5.73 Å². The topological polar surface area (TPSA) is 72.1 Å². The van der Waals surface area contributed by atoms with Crippen molar-refractivity contribution >= 4 is 11.9 Å². The molecule has 1 saturated heterocycles. The molecule has 30 heavy (non-hydrogen) atoms. The molecule has 0 spiro atoms. The van der Waals surface area contributed by atoms with Gasteiger partial charge in [0.15, 0.2) is 0 Å². The number of benzene rings is 2. The predicted molar refractivity (Wildman–Crippen MR) is 115 cm³/mol. The fraction of sp³-hybridized carbons (Fsp3) is 0.292. The van der Waals surface area contributed by atoms with Crippen LogP contribution >= 0.6 is 0 Å². The lowest BCUT2D eigenvalue weighted by molar-refractivity contribution is -0.132. The molecule has 0 unspecified atom stereocenters. The van der Waals surface area contributed by atoms with Crippen LogP contribution in [0.1, 0.15) is 36.4 Å². The van der Waals surface area contributed by atoms with E-state index in [1.165, 1.54) is 12.1 Å². The number of carbonyl (C=O) groups excluding carboxylic acids is 1. The number of nitrogens with zero attached hydrogens (tertiary/aromatic N) is 3. The van der Waals surface area contributed by atoms with E-state index in [0.29, 0.717) is 13.0 Å². The molecule has 1 amide bonds. The summed E-state index contributed by atoms with van der Waals surface area (Å²) >= 11 is 0. The van der Waals surface area contributed by atoms with Crippen LogP contribution in [0, 0.1) is 5.82 Å². The summed E-state index contributed by atoms with van der Waals surface area (Å²) in [6.07, 6.45) is 4.67. The van der Waals surface area contributed by atoms with E-state index in [2.05, 4.69) is 9.97 Å². The Balaban J connectivity index is 1.52. The van der Waals surface area contributed by atoms with E-state index in [9.17, 15) is 9.18 Å². The first-order valence-electron chi connectivity index (χ1n) is 10.3. The third-order valence-corrected chi connectivity index (χ3v) is 5.60. The molecule has 154 valence electrons. The van der Waals surface area contributed by atoms with Gasteiger partial charge in [-0.25, -0.2) is 14.4 Å². The van der Waals surface area contributed by atoms with Crippen molar-refractivity contribution in [3.8, 4) is 11.1 Å². The van der Waals surface area contributed by atoms with Gasteiger partial charge >= 0.3 is 0 Å². The molecular weight excluding hydrogens is 379 g/mol. The Bertz CT molecular complexity index is 1020. The van der Waals surface area contributed by atoms with Crippen molar-refractivity contribution in [2.45, 2.75) is 31.6 Å². The van der Waals surface area contributed by atoms with Crippen LogP contribution < -0.4 is 5.73 Å². The number of aryl methyl sites for hydroxylation is 1. The first-order chi connectivity index (χ1) is 14.6. The lowest BCUT2D eigenvalue weighted by Gasteiger charge is -2.33. The highest BCUT2D eigenvalue weighted by molar-refractivity contribution is 5.77. The molecule has 2 aromatic carbocycles. The second-order valence-electron chi connectivity index (χ2n) is 7.70. The molecule has 3 aromatic rings. The summed E-state index contributed by atoms with van der Waals surface area (Å²) in [6.45, 7) is 1.34. The summed E-state index contributed by atoms with van der Waals surface area (Å²) in [6, 6.07) is 16.4. The van der Waals surface area contributed by atoms with Crippen LogP contribution in [0.15, 0.2) is 60.8 Å². The van der Waals surface area contributed by atoms with E-state index in [1.54, 1.807) is 12.3 Å². The first-order valence-corrected chi connectivity index (χ1v) is 10.3. The Hall–Kier alpha value is -3.28. The van der Waals surface area contributed by atoms with Gasteiger partial charge in [0.25, 0.3) is 0 Å². The maximum absolute atomic E-state index is 13.8. The fourth-order valence-corrected chi connectivity index (χ4v) is 4.08. The van der Waals surface area contributed by atoms with Crippen LogP contribution in [-0.4, -0.2) is 33.9 Å². The standard InChI is InChI=1S/C24H25FN4O/c25-20-10-4-8-18(14-20)21-15-27-24(26)28-23(21)19-9-5-13-29(16-19)22(30)12-11-17-6-2-1-3-7-17/h1-4,6-8,10,14-15,19H,5,9,11-13,16H2,(H2,26,27,28)/t19-/m0/s1. The minimum Gasteiger partial charge on any atom is -0.368 e. The van der Waals surface area contributed by atoms with Crippen molar-refractivity contribution in [2.75, 3.05) is 18.8 Å². The maximum Gasteiger partial charge on any atom is 0.222 e. The highest BCUT2D eigenvalue weighted by Crippen LogP contribution is 2.33. The Morgan fingerprint density at radius 2 is 2.00 bits per heavy atom. The number of nitrogen functional groups attached to an aromatic ring is 1. The highest BCUT2D eigenvalue weighted by Gasteiger charge is 2.28. The van der Waals surface area contributed by atoms with Crippen LogP contribution in [0.4, 0.5) is 10.3 Å². The molecule has 0 radical (unpaired) electrons. The number of nitrogens with two attached hydrogens (primary N) is 1. The average molecular weight is 404 g/mol. The van der Waals surface area contributed by atoms with Crippen molar-refractivity contribution in [1.82, 2.24) is 14.9 Å². The molecule has 4 rings (SSSR count). The van der Waals surface area contributed by atoms with Crippen molar-refractivity contribution in [2.24, 2.45) is 0 Å². The molecule has 0 aliphatic carbocycles. The van der Waals surface area contributed by atoms with E-state index in [1.807, 2.05) is 41.3 Å². The second kappa shape index (κ2) is 9.03. The summed E-state index contributed by atoms with van der Waals surface area (Å²) in [5.41, 5.74) is 9.31. The predicted octanol–water partition coefficient (Wildman–Crippen LogP) is 4.20. The number of halogens is 1. The molecule has 1 fully saturated rings. The largest absolute Gasteiger partial charge is 0.368 e. The van der Waals surface area contributed by atoms with Gasteiger partial charge in [-0.2, -0.15) is 0 Å². The third-order valence-electron chi connectivity index (χ3n) is 5.60. The third kappa shape index (κ3) is 4.64. The molecule has 1 aromatic heterocycles. The molecule has 1 atom stereocenters. The van der Waals surface area contributed by atoms with Gasteiger partial charge in [-0.1, -0.05) is 42.5 Å². The molecule has 2 N–H and O–H groups in total. The number of anilines is 1. The zero-order valence-electron chi connectivity index (χ0n) is 16.8. The van der Waals surface area contributed by atoms with Gasteiger partial charge in [-0.05, 0) is 42.5 Å². The van der Waals surface area contributed by atoms with Crippen LogP contribution in [-0.2, 0) is 11.2 Å². The smallest absolute Gasteiger partial charge is 0.222 e. The summed E-state index contributed by atoms with van der Waals surface area (Å²) in [7, 11) is 0. The number of amides is 1. The van der Waals surface area contributed by atoms with Crippen LogP contribution in [0.5, 0.6) is 0 Å². The fourth-order valence-electron chi connectivity index (χ4n) is 4.08. The van der Waals surface area contributed by atoms with Crippen LogP contribution in [0.2, 0.25) is 0 Å². The number of piperidine rings is 1. The summed E-state index contributed by atoms with van der Waals surface area (Å²) in [5.74, 6) is 0.0789. The van der Waals surface area contributed by atoms with E-state index in [-0.39, 0.29) is 23.6 Å². The number of aromatic nitrogens is 2. The molecule has 0 bridgehead atoms. The first kappa shape index (κ1) is 20.0. The Morgan fingerprint density at radius 3 is 2.80 bits per heavy atom. The van der Waals surface area contributed by atoms with Gasteiger partial charge in [0.05, 0.1) is 5.69 Å². The van der Waals surface area contributed by atoms with E-state index in [0.717, 1.165) is 48.2 Å². The number of carbonyl (C=O) groups is 1. The minimum absolute atomic E-state index is 0.0444. The Labute approximate surface area is 175 Å². The van der Waals surface area contributed by atoms with Crippen molar-refractivity contribution in [3.63, 3.8) is 0 Å². The van der Waals surface area contributed by atoms with Crippen molar-refractivity contribution < 1.29 is 9.18 Å². The molecule has 0 saturated carbocycles. The number of hydrogen-bond acceptors (Lipinski definition) is 4. The molecule has 6 heteroatoms. The zero-order chi connectivity index (χ0) is 20.9. The van der Waals surface area contributed by atoms with Gasteiger partial charge in [-0.3, -0.25) is 4.79 Å². The van der Waals surface area contributed by atoms with Crippen molar-refractivity contribution in [1.29, 1.82) is 0 Å². The van der Waals surface area contributed by atoms with Gasteiger partial charge in [0.2, 0.25) is 11.9 Å². The molecular formula is C24H25FN4O. The zero-order valence-corrected chi connectivity index (χ0v) is 16.8. The normalized spacial score (nSPS) is 16.4. The molecule has 2 heterocycles. The van der Waals surface area contributed by atoms with E-state index >= 15 is 0 Å². The van der Waals surface area contributed by atoms with Crippen LogP contribution in [0.3, 0.4) is 0 Å². The number of rotatable bonds is 5. The number of likely N-dealkylation sites (tertiary alicyclic amines) is 1. The minimum atomic E-state index is -0.309. The molecule has 1 aliphatic rings. The Kier molecular flexibility index (Phi) is 6.02. The number of hydrogen-bond donors (Lipinski definition) is 1. The Morgan fingerprint density at radius 1 is 1.17 bits per heavy atom. The lowest BCUT2D eigenvalue weighted by atomic mass is 9.89. The second-order valence-corrected chi connectivity index (χ2v) is 7.70. The van der Waals surface area contributed by atoms with Crippen molar-refractivity contribution in [3.05, 3.63) is 77.9 Å². The monoisotopic (exact) mass is 404 g/mol. The van der Waals surface area contributed by atoms with Gasteiger partial charge in [0, 0.05) is 37.2 Å². The molecule has 5 nitrogen and oxygen atoms in total. The van der Waals surface area contributed by atoms with Gasteiger partial charge < -0.3 is 10.6 Å². The molecule has 1 aliphatic heterocycles. The van der Waals surface area contributed by atoms with E-state index < -0.39 is 0 Å². The lowest BCUT2D eigenvalue weighted by Crippen LogP contribution is -2.39. The quantitative estimate of drug-likeness (QED) is 0.692. The summed E-state index contributed by atoms with van der Waals surface area (Å²) < 4.78 is 13.8. The van der Waals surface area contributed by atoms with Crippen LogP contribution in [0.25, 0.3) is 11.1 Å². The van der Waals surface area contributed by atoms with Gasteiger partial charge in [-0.15, -0.1) is 0 Å².